The second kappa shape index (κ2) is 25.7. The fourth-order valence-corrected chi connectivity index (χ4v) is 7.82. The van der Waals surface area contributed by atoms with Gasteiger partial charge in [-0.25, -0.2) is 4.79 Å². The van der Waals surface area contributed by atoms with Gasteiger partial charge >= 0.3 is 11.9 Å². The van der Waals surface area contributed by atoms with E-state index in [2.05, 4.69) is 58.5 Å². The molecule has 0 aliphatic heterocycles. The van der Waals surface area contributed by atoms with E-state index in [4.69, 9.17) is 32.8 Å². The minimum atomic E-state index is -2.40. The van der Waals surface area contributed by atoms with Gasteiger partial charge in [-0.05, 0) is 65.9 Å². The zero-order chi connectivity index (χ0) is 45.1. The van der Waals surface area contributed by atoms with E-state index in [1.54, 1.807) is 21.1 Å². The van der Waals surface area contributed by atoms with Gasteiger partial charge < -0.3 is 47.8 Å². The normalized spacial score (nSPS) is 15.8. The van der Waals surface area contributed by atoms with Crippen molar-refractivity contribution in [2.45, 2.75) is 148 Å². The summed E-state index contributed by atoms with van der Waals surface area (Å²) in [4.78, 5) is 25.2. The van der Waals surface area contributed by atoms with Crippen LogP contribution >= 0.6 is 0 Å². The van der Waals surface area contributed by atoms with Crippen LogP contribution in [0.1, 0.15) is 97.8 Å². The van der Waals surface area contributed by atoms with Crippen LogP contribution in [-0.2, 0) is 60.9 Å². The number of rotatable bonds is 28. The third-order valence-corrected chi connectivity index (χ3v) is 16.1. The topological polar surface area (TPSA) is 148 Å². The van der Waals surface area contributed by atoms with Gasteiger partial charge in [0.25, 0.3) is 0 Å². The molecule has 0 saturated heterocycles. The number of hydrogen-bond acceptors (Lipinski definition) is 12. The molecule has 0 aromatic heterocycles. The molecular weight excluding hydrogens is 785 g/mol. The maximum absolute atomic E-state index is 13.2. The molecule has 0 unspecified atom stereocenters. The molecule has 0 amide bonds. The third-order valence-electron chi connectivity index (χ3n) is 11.6. The summed E-state index contributed by atoms with van der Waals surface area (Å²) in [5.41, 5.74) is 2.88. The smallest absolute Gasteiger partial charge is 0.337 e. The first-order valence-electron chi connectivity index (χ1n) is 21.2. The Kier molecular flexibility index (Phi) is 22.7. The zero-order valence-electron chi connectivity index (χ0n) is 38.7. The van der Waals surface area contributed by atoms with Gasteiger partial charge in [-0.2, -0.15) is 0 Å². The largest absolute Gasteiger partial charge is 0.497 e. The summed E-state index contributed by atoms with van der Waals surface area (Å²) in [7, 11) is 2.04. The Morgan fingerprint density at radius 3 is 2.15 bits per heavy atom. The number of aliphatic hydroxyl groups is 2. The Morgan fingerprint density at radius 2 is 1.57 bits per heavy atom. The molecule has 2 aromatic rings. The third kappa shape index (κ3) is 17.3. The van der Waals surface area contributed by atoms with Crippen molar-refractivity contribution >= 4 is 20.3 Å². The Labute approximate surface area is 361 Å². The molecule has 340 valence electrons. The summed E-state index contributed by atoms with van der Waals surface area (Å²) in [5, 5.41) is 20.8. The first-order valence-corrected chi connectivity index (χ1v) is 24.1. The van der Waals surface area contributed by atoms with Crippen LogP contribution < -0.4 is 4.74 Å². The van der Waals surface area contributed by atoms with Crippen LogP contribution in [0.4, 0.5) is 0 Å². The number of aliphatic hydroxyl groups excluding tert-OH is 2. The van der Waals surface area contributed by atoms with Crippen LogP contribution in [-0.4, -0.2) is 109 Å². The van der Waals surface area contributed by atoms with Crippen molar-refractivity contribution in [1.82, 2.24) is 0 Å². The average Bonchev–Trinajstić information content (AvgIpc) is 3.21. The fraction of sp³-hybridized carbons (Fsp3) is 0.660. The number of carbonyl (C=O) groups excluding carboxylic acids is 2. The van der Waals surface area contributed by atoms with Crippen molar-refractivity contribution in [3.8, 4) is 5.75 Å². The van der Waals surface area contributed by atoms with Gasteiger partial charge in [0.15, 0.2) is 14.4 Å². The minimum absolute atomic E-state index is 0.0141. The zero-order valence-corrected chi connectivity index (χ0v) is 39.7. The van der Waals surface area contributed by atoms with E-state index < -0.39 is 38.0 Å². The fourth-order valence-electron chi connectivity index (χ4n) is 6.44. The van der Waals surface area contributed by atoms with Gasteiger partial charge in [-0.3, -0.25) is 4.79 Å². The number of hydrogen-bond donors (Lipinski definition) is 2. The van der Waals surface area contributed by atoms with E-state index in [1.807, 2.05) is 62.4 Å². The first kappa shape index (κ1) is 53.0. The summed E-state index contributed by atoms with van der Waals surface area (Å²) in [6.07, 6.45) is -0.238. The van der Waals surface area contributed by atoms with Crippen molar-refractivity contribution in [2.75, 3.05) is 47.9 Å². The quantitative estimate of drug-likeness (QED) is 0.0280. The van der Waals surface area contributed by atoms with Crippen molar-refractivity contribution < 1.29 is 57.4 Å². The van der Waals surface area contributed by atoms with E-state index in [9.17, 15) is 19.8 Å². The monoisotopic (exact) mass is 861 g/mol. The van der Waals surface area contributed by atoms with Gasteiger partial charge in [-0.15, -0.1) is 0 Å². The molecule has 0 fully saturated rings. The molecule has 6 atom stereocenters. The summed E-state index contributed by atoms with van der Waals surface area (Å²) < 4.78 is 47.0. The molecule has 0 saturated carbocycles. The summed E-state index contributed by atoms with van der Waals surface area (Å²) in [6, 6.07) is 15.4. The predicted octanol–water partition coefficient (Wildman–Crippen LogP) is 8.10. The Bertz CT molecular complexity index is 1590. The maximum Gasteiger partial charge on any atom is 0.337 e. The first-order chi connectivity index (χ1) is 28.2. The molecule has 0 bridgehead atoms. The molecule has 12 nitrogen and oxygen atoms in total. The minimum Gasteiger partial charge on any atom is -0.497 e. The molecule has 2 N–H and O–H groups in total. The van der Waals surface area contributed by atoms with Crippen molar-refractivity contribution in [3.05, 3.63) is 76.9 Å². The standard InChI is InChI=1S/C47H76O12Si/c1-14-34(30-56-32-55-24-23-52-9)25-33(3)41(57-31-35-19-21-38(53-10)22-20-35)28-39(59-60(12,13)46(4,5)6)29-42(58-43(49)15-2)47(7,8)37-18-16-17-36(26-37)27-40(48)44(50)45(51)54-11/h16-22,25-26,34,39-42,44,48,50H,14-15,23-24,27-32H2,1-13H3/b33-25-/t34-,39-,40-,41+,42+,44+/m1/s1. The summed E-state index contributed by atoms with van der Waals surface area (Å²) >= 11 is 0. The number of ether oxygens (including phenoxy) is 7. The molecule has 0 heterocycles. The van der Waals surface area contributed by atoms with Gasteiger partial charge in [0.2, 0.25) is 0 Å². The highest BCUT2D eigenvalue weighted by Gasteiger charge is 2.43. The second-order valence-corrected chi connectivity index (χ2v) is 22.3. The van der Waals surface area contributed by atoms with E-state index in [-0.39, 0.29) is 48.8 Å². The lowest BCUT2D eigenvalue weighted by molar-refractivity contribution is -0.156. The lowest BCUT2D eigenvalue weighted by Gasteiger charge is -2.43. The van der Waals surface area contributed by atoms with Crippen LogP contribution in [0.15, 0.2) is 60.2 Å². The van der Waals surface area contributed by atoms with E-state index >= 15 is 0 Å². The molecular formula is C47H76O12Si. The van der Waals surface area contributed by atoms with Gasteiger partial charge in [-0.1, -0.05) is 90.9 Å². The van der Waals surface area contributed by atoms with Crippen LogP contribution in [0.2, 0.25) is 18.1 Å². The highest BCUT2D eigenvalue weighted by molar-refractivity contribution is 6.74. The van der Waals surface area contributed by atoms with Crippen molar-refractivity contribution in [2.24, 2.45) is 5.92 Å². The molecule has 0 radical (unpaired) electrons. The van der Waals surface area contributed by atoms with Gasteiger partial charge in [0.05, 0.1) is 59.0 Å². The Hall–Kier alpha value is -3.14. The van der Waals surface area contributed by atoms with Crippen LogP contribution in [0.5, 0.6) is 5.75 Å². The molecule has 0 spiro atoms. The number of methoxy groups -OCH3 is 3. The van der Waals surface area contributed by atoms with Crippen molar-refractivity contribution in [3.63, 3.8) is 0 Å². The van der Waals surface area contributed by atoms with E-state index in [0.29, 0.717) is 44.8 Å². The van der Waals surface area contributed by atoms with E-state index in [1.165, 1.54) is 0 Å². The molecule has 60 heavy (non-hydrogen) atoms. The number of esters is 2. The van der Waals surface area contributed by atoms with Crippen molar-refractivity contribution in [1.29, 1.82) is 0 Å². The highest BCUT2D eigenvalue weighted by Crippen LogP contribution is 2.41. The molecule has 2 aromatic carbocycles. The highest BCUT2D eigenvalue weighted by atomic mass is 28.4. The molecule has 0 aliphatic carbocycles. The molecule has 13 heteroatoms. The molecule has 2 rings (SSSR count). The predicted molar refractivity (Wildman–Crippen MR) is 236 cm³/mol. The summed E-state index contributed by atoms with van der Waals surface area (Å²) in [5.74, 6) is -0.356. The number of carbonyl (C=O) groups is 2. The average molecular weight is 861 g/mol. The van der Waals surface area contributed by atoms with Gasteiger partial charge in [0, 0.05) is 44.1 Å². The lowest BCUT2D eigenvalue weighted by atomic mass is 9.76. The van der Waals surface area contributed by atoms with E-state index in [0.717, 1.165) is 36.0 Å². The van der Waals surface area contributed by atoms with Gasteiger partial charge in [0.1, 0.15) is 18.6 Å². The Balaban J connectivity index is 2.61. The Morgan fingerprint density at radius 1 is 0.883 bits per heavy atom. The van der Waals surface area contributed by atoms with Crippen LogP contribution in [0.25, 0.3) is 0 Å². The SMILES string of the molecule is CCC(=O)O[C@@H](C[C@@H](C[C@H](OCc1ccc(OC)cc1)/C(C)=C\[C@@H](CC)COCOCCOC)O[Si](C)(C)C(C)(C)C)C(C)(C)c1cccc(C[C@@H](O)[C@H](O)C(=O)OC)c1. The maximum atomic E-state index is 13.2. The van der Waals surface area contributed by atoms with Crippen LogP contribution in [0.3, 0.4) is 0 Å². The molecule has 0 aliphatic rings. The summed E-state index contributed by atoms with van der Waals surface area (Å²) in [6.45, 7) is 23.1. The van der Waals surface area contributed by atoms with Crippen LogP contribution in [0, 0.1) is 5.92 Å². The number of benzene rings is 2. The lowest BCUT2D eigenvalue weighted by Crippen LogP contribution is -2.48. The second-order valence-electron chi connectivity index (χ2n) is 17.6.